The molecule has 0 spiro atoms. The van der Waals surface area contributed by atoms with Crippen LogP contribution in [0.2, 0.25) is 0 Å². The third-order valence-corrected chi connectivity index (χ3v) is 10.4. The van der Waals surface area contributed by atoms with Crippen LogP contribution in [-0.2, 0) is 5.41 Å². The van der Waals surface area contributed by atoms with Crippen LogP contribution in [0.25, 0.3) is 53.6 Å². The summed E-state index contributed by atoms with van der Waals surface area (Å²) in [6.07, 6.45) is 0. The topological polar surface area (TPSA) is 3.24 Å². The molecular formula is C46H37NS. The van der Waals surface area contributed by atoms with Crippen molar-refractivity contribution in [3.05, 3.63) is 175 Å². The molecule has 0 unspecified atom stereocenters. The number of nitrogens with zero attached hydrogens (tertiary/aromatic N) is 1. The van der Waals surface area contributed by atoms with E-state index >= 15 is 0 Å². The zero-order chi connectivity index (χ0) is 32.7. The molecule has 7 aromatic carbocycles. The van der Waals surface area contributed by atoms with Gasteiger partial charge in [-0.15, -0.1) is 11.3 Å². The number of hydrogen-bond donors (Lipinski definition) is 0. The lowest BCUT2D eigenvalue weighted by Gasteiger charge is -2.27. The molecule has 232 valence electrons. The summed E-state index contributed by atoms with van der Waals surface area (Å²) in [6, 6.07) is 61.8. The van der Waals surface area contributed by atoms with Crippen LogP contribution in [-0.4, -0.2) is 0 Å². The Labute approximate surface area is 287 Å². The van der Waals surface area contributed by atoms with Crippen LogP contribution in [0.1, 0.15) is 26.3 Å². The van der Waals surface area contributed by atoms with Crippen molar-refractivity contribution in [3.63, 3.8) is 0 Å². The predicted molar refractivity (Wildman–Crippen MR) is 209 cm³/mol. The van der Waals surface area contributed by atoms with Gasteiger partial charge in [-0.2, -0.15) is 0 Å². The highest BCUT2D eigenvalue weighted by atomic mass is 32.1. The smallest absolute Gasteiger partial charge is 0.0476 e. The molecule has 0 radical (unpaired) electrons. The quantitative estimate of drug-likeness (QED) is 0.176. The molecule has 8 aromatic rings. The molecule has 1 nitrogen and oxygen atoms in total. The minimum atomic E-state index is -0.00894. The van der Waals surface area contributed by atoms with Crippen molar-refractivity contribution in [2.45, 2.75) is 26.2 Å². The Balaban J connectivity index is 1.22. The second kappa shape index (κ2) is 12.3. The first-order valence-electron chi connectivity index (χ1n) is 16.6. The summed E-state index contributed by atoms with van der Waals surface area (Å²) < 4.78 is 2.62. The molecular weight excluding hydrogens is 599 g/mol. The second-order valence-electron chi connectivity index (χ2n) is 13.5. The van der Waals surface area contributed by atoms with E-state index in [1.807, 2.05) is 11.3 Å². The molecule has 8 rings (SSSR count). The molecule has 0 saturated carbocycles. The van der Waals surface area contributed by atoms with E-state index in [9.17, 15) is 0 Å². The van der Waals surface area contributed by atoms with E-state index in [1.54, 1.807) is 0 Å². The highest BCUT2D eigenvalue weighted by Crippen LogP contribution is 2.42. The number of benzene rings is 7. The summed E-state index contributed by atoms with van der Waals surface area (Å²) in [7, 11) is 0. The van der Waals surface area contributed by atoms with Gasteiger partial charge in [0.25, 0.3) is 0 Å². The minimum Gasteiger partial charge on any atom is -0.310 e. The molecule has 2 heteroatoms. The molecule has 48 heavy (non-hydrogen) atoms. The fourth-order valence-electron chi connectivity index (χ4n) is 6.75. The van der Waals surface area contributed by atoms with Gasteiger partial charge >= 0.3 is 0 Å². The first-order chi connectivity index (χ1) is 23.4. The standard InChI is InChI=1S/C46H37NS/c1-46(2,3)43-30-36(33-14-8-5-9-15-33)22-28-40(43)35-20-25-38(26-21-35)47(37-23-18-34(19-24-37)32-12-6-4-7-13-32)39-27-29-42-41-16-10-11-17-44(41)48-45(42)31-39/h4-31H,1-3H3. The van der Waals surface area contributed by atoms with Gasteiger partial charge in [-0.1, -0.05) is 148 Å². The van der Waals surface area contributed by atoms with E-state index in [0.29, 0.717) is 0 Å². The maximum Gasteiger partial charge on any atom is 0.0476 e. The van der Waals surface area contributed by atoms with Crippen LogP contribution in [0.15, 0.2) is 170 Å². The van der Waals surface area contributed by atoms with Crippen LogP contribution in [0.3, 0.4) is 0 Å². The minimum absolute atomic E-state index is 0.00894. The van der Waals surface area contributed by atoms with Gasteiger partial charge in [0.15, 0.2) is 0 Å². The second-order valence-corrected chi connectivity index (χ2v) is 14.5. The third-order valence-electron chi connectivity index (χ3n) is 9.22. The molecule has 0 aliphatic carbocycles. The number of thiophene rings is 1. The van der Waals surface area contributed by atoms with Gasteiger partial charge in [-0.05, 0) is 86.8 Å². The summed E-state index contributed by atoms with van der Waals surface area (Å²) >= 11 is 1.86. The first kappa shape index (κ1) is 29.9. The highest BCUT2D eigenvalue weighted by molar-refractivity contribution is 7.25. The van der Waals surface area contributed by atoms with Gasteiger partial charge in [0.05, 0.1) is 0 Å². The zero-order valence-electron chi connectivity index (χ0n) is 27.5. The van der Waals surface area contributed by atoms with Crippen LogP contribution in [0.4, 0.5) is 17.1 Å². The van der Waals surface area contributed by atoms with Gasteiger partial charge < -0.3 is 4.90 Å². The van der Waals surface area contributed by atoms with E-state index in [-0.39, 0.29) is 5.41 Å². The van der Waals surface area contributed by atoms with Crippen LogP contribution < -0.4 is 4.90 Å². The molecule has 1 heterocycles. The molecule has 0 fully saturated rings. The summed E-state index contributed by atoms with van der Waals surface area (Å²) in [5.74, 6) is 0. The van der Waals surface area contributed by atoms with Crippen molar-refractivity contribution >= 4 is 48.6 Å². The molecule has 0 bridgehead atoms. The van der Waals surface area contributed by atoms with E-state index < -0.39 is 0 Å². The summed E-state index contributed by atoms with van der Waals surface area (Å²) in [5.41, 5.74) is 12.2. The van der Waals surface area contributed by atoms with Crippen molar-refractivity contribution in [2.24, 2.45) is 0 Å². The van der Waals surface area contributed by atoms with Crippen LogP contribution in [0, 0.1) is 0 Å². The van der Waals surface area contributed by atoms with Gasteiger partial charge in [0.1, 0.15) is 0 Å². The van der Waals surface area contributed by atoms with Crippen molar-refractivity contribution < 1.29 is 0 Å². The van der Waals surface area contributed by atoms with Crippen LogP contribution >= 0.6 is 11.3 Å². The Morgan fingerprint density at radius 1 is 0.396 bits per heavy atom. The van der Waals surface area contributed by atoms with E-state index in [2.05, 4.69) is 196 Å². The number of fused-ring (bicyclic) bond motifs is 3. The normalized spacial score (nSPS) is 11.6. The van der Waals surface area contributed by atoms with E-state index in [1.165, 1.54) is 59.1 Å². The number of hydrogen-bond acceptors (Lipinski definition) is 2. The zero-order valence-corrected chi connectivity index (χ0v) is 28.3. The third kappa shape index (κ3) is 5.70. The Morgan fingerprint density at radius 2 is 0.896 bits per heavy atom. The first-order valence-corrected chi connectivity index (χ1v) is 17.4. The number of rotatable bonds is 6. The average molecular weight is 636 g/mol. The Kier molecular flexibility index (Phi) is 7.67. The SMILES string of the molecule is CC(C)(C)c1cc(-c2ccccc2)ccc1-c1ccc(N(c2ccc(-c3ccccc3)cc2)c2ccc3c(c2)sc2ccccc23)cc1. The van der Waals surface area contributed by atoms with Crippen molar-refractivity contribution in [1.82, 2.24) is 0 Å². The van der Waals surface area contributed by atoms with Crippen LogP contribution in [0.5, 0.6) is 0 Å². The Hall–Kier alpha value is -5.44. The summed E-state index contributed by atoms with van der Waals surface area (Å²) in [5, 5.41) is 2.63. The van der Waals surface area contributed by atoms with Crippen molar-refractivity contribution in [1.29, 1.82) is 0 Å². The fraction of sp³-hybridized carbons (Fsp3) is 0.0870. The molecule has 0 atom stereocenters. The predicted octanol–water partition coefficient (Wildman–Crippen LogP) is 13.8. The van der Waals surface area contributed by atoms with Crippen molar-refractivity contribution in [2.75, 3.05) is 4.90 Å². The maximum atomic E-state index is 2.38. The monoisotopic (exact) mass is 635 g/mol. The molecule has 0 amide bonds. The van der Waals surface area contributed by atoms with Gasteiger partial charge in [0.2, 0.25) is 0 Å². The van der Waals surface area contributed by atoms with E-state index in [4.69, 9.17) is 0 Å². The highest BCUT2D eigenvalue weighted by Gasteiger charge is 2.21. The lowest BCUT2D eigenvalue weighted by atomic mass is 9.80. The molecule has 0 aliphatic rings. The maximum absolute atomic E-state index is 2.38. The number of anilines is 3. The average Bonchev–Trinajstić information content (AvgIpc) is 3.50. The lowest BCUT2D eigenvalue weighted by Crippen LogP contribution is -2.13. The largest absolute Gasteiger partial charge is 0.310 e. The fourth-order valence-corrected chi connectivity index (χ4v) is 7.89. The van der Waals surface area contributed by atoms with Gasteiger partial charge in [0, 0.05) is 37.2 Å². The molecule has 0 N–H and O–H groups in total. The lowest BCUT2D eigenvalue weighted by molar-refractivity contribution is 0.592. The molecule has 0 aliphatic heterocycles. The summed E-state index contributed by atoms with van der Waals surface area (Å²) in [4.78, 5) is 2.38. The van der Waals surface area contributed by atoms with Gasteiger partial charge in [-0.3, -0.25) is 0 Å². The molecule has 0 saturated heterocycles. The molecule has 1 aromatic heterocycles. The Bertz CT molecular complexity index is 2340. The van der Waals surface area contributed by atoms with E-state index in [0.717, 1.165) is 17.1 Å². The van der Waals surface area contributed by atoms with Crippen molar-refractivity contribution in [3.8, 4) is 33.4 Å². The van der Waals surface area contributed by atoms with Gasteiger partial charge in [-0.25, -0.2) is 0 Å². The Morgan fingerprint density at radius 3 is 1.54 bits per heavy atom. The summed E-state index contributed by atoms with van der Waals surface area (Å²) in [6.45, 7) is 6.92.